The van der Waals surface area contributed by atoms with Gasteiger partial charge in [0, 0.05) is 16.2 Å². The third-order valence-electron chi connectivity index (χ3n) is 2.67. The van der Waals surface area contributed by atoms with Gasteiger partial charge in [-0.25, -0.2) is 0 Å². The van der Waals surface area contributed by atoms with Crippen molar-refractivity contribution >= 4 is 27.5 Å². The Bertz CT molecular complexity index is 767. The van der Waals surface area contributed by atoms with Gasteiger partial charge in [-0.1, -0.05) is 28.1 Å². The average molecular weight is 319 g/mol. The van der Waals surface area contributed by atoms with E-state index < -0.39 is 4.92 Å². The molecule has 2 aromatic heterocycles. The first-order valence-electron chi connectivity index (χ1n) is 5.40. The molecule has 0 aliphatic rings. The van der Waals surface area contributed by atoms with Gasteiger partial charge in [-0.05, 0) is 23.1 Å². The average Bonchev–Trinajstić information content (AvgIpc) is 2.78. The van der Waals surface area contributed by atoms with E-state index in [1.165, 1.54) is 4.40 Å². The van der Waals surface area contributed by atoms with Crippen LogP contribution in [0, 0.1) is 10.1 Å². The van der Waals surface area contributed by atoms with Gasteiger partial charge in [0.25, 0.3) is 0 Å². The number of hydrogen-bond donors (Lipinski definition) is 0. The maximum atomic E-state index is 11.2. The first-order valence-corrected chi connectivity index (χ1v) is 6.19. The number of aromatic nitrogens is 3. The van der Waals surface area contributed by atoms with Crippen LogP contribution in [0.5, 0.6) is 0 Å². The molecule has 0 radical (unpaired) electrons. The van der Waals surface area contributed by atoms with Crippen molar-refractivity contribution in [2.75, 3.05) is 0 Å². The minimum absolute atomic E-state index is 0.0783. The van der Waals surface area contributed by atoms with E-state index in [9.17, 15) is 10.1 Å². The molecular weight excluding hydrogens is 312 g/mol. The first-order chi connectivity index (χ1) is 9.16. The monoisotopic (exact) mass is 318 g/mol. The summed E-state index contributed by atoms with van der Waals surface area (Å²) >= 11 is 3.33. The van der Waals surface area contributed by atoms with Gasteiger partial charge in [0.1, 0.15) is 6.20 Å². The summed E-state index contributed by atoms with van der Waals surface area (Å²) in [7, 11) is 0. The molecule has 0 spiro atoms. The van der Waals surface area contributed by atoms with Crippen molar-refractivity contribution in [3.05, 3.63) is 57.3 Å². The van der Waals surface area contributed by atoms with Gasteiger partial charge in [0.2, 0.25) is 0 Å². The fourth-order valence-corrected chi connectivity index (χ4v) is 2.12. The molecule has 0 N–H and O–H groups in total. The molecule has 0 fully saturated rings. The van der Waals surface area contributed by atoms with E-state index in [2.05, 4.69) is 25.9 Å². The molecule has 3 rings (SSSR count). The minimum atomic E-state index is -0.445. The molecule has 0 atom stereocenters. The molecule has 7 heteroatoms. The summed E-state index contributed by atoms with van der Waals surface area (Å²) in [6.45, 7) is 0. The lowest BCUT2D eigenvalue weighted by Gasteiger charge is -1.98. The fraction of sp³-hybridized carbons (Fsp3) is 0. The highest BCUT2D eigenvalue weighted by Crippen LogP contribution is 2.30. The maximum absolute atomic E-state index is 11.2. The van der Waals surface area contributed by atoms with E-state index in [-0.39, 0.29) is 5.82 Å². The van der Waals surface area contributed by atoms with Crippen molar-refractivity contribution in [2.45, 2.75) is 0 Å². The number of nitro groups is 1. The number of hydrogen-bond acceptors (Lipinski definition) is 4. The van der Waals surface area contributed by atoms with Crippen LogP contribution in [0.3, 0.4) is 0 Å². The lowest BCUT2D eigenvalue weighted by atomic mass is 10.1. The normalized spacial score (nSPS) is 10.8. The smallest absolute Gasteiger partial charge is 0.357 e. The Morgan fingerprint density at radius 2 is 2.00 bits per heavy atom. The Morgan fingerprint density at radius 3 is 2.68 bits per heavy atom. The topological polar surface area (TPSA) is 73.3 Å². The summed E-state index contributed by atoms with van der Waals surface area (Å²) in [5.41, 5.74) is 0.997. The van der Waals surface area contributed by atoms with E-state index in [1.807, 2.05) is 12.1 Å². The van der Waals surface area contributed by atoms with Gasteiger partial charge in [0.05, 0.1) is 0 Å². The van der Waals surface area contributed by atoms with Crippen LogP contribution in [0.15, 0.2) is 47.2 Å². The minimum Gasteiger partial charge on any atom is -0.358 e. The predicted octanol–water partition coefficient (Wildman–Crippen LogP) is 3.07. The third kappa shape index (κ3) is 1.97. The van der Waals surface area contributed by atoms with E-state index in [0.717, 1.165) is 4.47 Å². The Morgan fingerprint density at radius 1 is 1.26 bits per heavy atom. The van der Waals surface area contributed by atoms with Gasteiger partial charge in [-0.2, -0.15) is 14.4 Å². The molecule has 0 aliphatic heterocycles. The van der Waals surface area contributed by atoms with Gasteiger partial charge in [-0.3, -0.25) is 0 Å². The van der Waals surface area contributed by atoms with Crippen LogP contribution >= 0.6 is 15.9 Å². The second-order valence-corrected chi connectivity index (χ2v) is 4.75. The molecule has 0 bridgehead atoms. The highest BCUT2D eigenvalue weighted by atomic mass is 79.9. The number of fused-ring (bicyclic) bond motifs is 1. The summed E-state index contributed by atoms with van der Waals surface area (Å²) < 4.78 is 2.28. The molecule has 19 heavy (non-hydrogen) atoms. The number of benzene rings is 1. The van der Waals surface area contributed by atoms with Crippen LogP contribution in [-0.2, 0) is 0 Å². The molecule has 0 saturated carbocycles. The molecule has 2 heterocycles. The zero-order chi connectivity index (χ0) is 13.4. The zero-order valence-corrected chi connectivity index (χ0v) is 11.1. The molecule has 1 aromatic carbocycles. The van der Waals surface area contributed by atoms with E-state index >= 15 is 0 Å². The van der Waals surface area contributed by atoms with Crippen LogP contribution in [0.1, 0.15) is 0 Å². The summed E-state index contributed by atoms with van der Waals surface area (Å²) in [6, 6.07) is 8.82. The van der Waals surface area contributed by atoms with Crippen molar-refractivity contribution in [1.29, 1.82) is 0 Å². The summed E-state index contributed by atoms with van der Waals surface area (Å²) in [6.07, 6.45) is 3.13. The molecular formula is C12H7BrN4O2. The lowest BCUT2D eigenvalue weighted by molar-refractivity contribution is -0.389. The number of halogens is 1. The second kappa shape index (κ2) is 4.43. The standard InChI is InChI=1S/C12H7BrN4O2/c13-9-4-2-8(3-5-9)10-11(17(18)19)16-7-1-6-14-12(16)15-10/h1-7H. The summed E-state index contributed by atoms with van der Waals surface area (Å²) in [5.74, 6) is 0.234. The van der Waals surface area contributed by atoms with Crippen molar-refractivity contribution < 1.29 is 4.92 Å². The van der Waals surface area contributed by atoms with Crippen molar-refractivity contribution in [2.24, 2.45) is 0 Å². The Balaban J connectivity index is 2.31. The number of nitrogens with zero attached hydrogens (tertiary/aromatic N) is 4. The Labute approximate surface area is 116 Å². The SMILES string of the molecule is O=[N+]([O-])c1c(-c2ccc(Br)cc2)nc2ncccn12. The molecule has 0 saturated heterocycles. The number of rotatable bonds is 2. The van der Waals surface area contributed by atoms with Crippen molar-refractivity contribution in [3.8, 4) is 11.3 Å². The van der Waals surface area contributed by atoms with Crippen molar-refractivity contribution in [1.82, 2.24) is 14.4 Å². The van der Waals surface area contributed by atoms with Crippen LogP contribution < -0.4 is 0 Å². The van der Waals surface area contributed by atoms with Gasteiger partial charge >= 0.3 is 11.6 Å². The van der Waals surface area contributed by atoms with E-state index in [0.29, 0.717) is 17.0 Å². The molecule has 94 valence electrons. The quantitative estimate of drug-likeness (QED) is 0.537. The molecule has 6 nitrogen and oxygen atoms in total. The van der Waals surface area contributed by atoms with Gasteiger partial charge in [-0.15, -0.1) is 0 Å². The third-order valence-corrected chi connectivity index (χ3v) is 3.20. The fourth-order valence-electron chi connectivity index (χ4n) is 1.85. The van der Waals surface area contributed by atoms with Crippen LogP contribution in [-0.4, -0.2) is 19.3 Å². The molecule has 0 unspecified atom stereocenters. The summed E-state index contributed by atoms with van der Waals surface area (Å²) in [4.78, 5) is 19.1. The first kappa shape index (κ1) is 11.8. The Hall–Kier alpha value is -2.28. The van der Waals surface area contributed by atoms with Crippen LogP contribution in [0.2, 0.25) is 0 Å². The lowest BCUT2D eigenvalue weighted by Crippen LogP contribution is -1.95. The van der Waals surface area contributed by atoms with Gasteiger partial charge < -0.3 is 10.1 Å². The highest BCUT2D eigenvalue weighted by molar-refractivity contribution is 9.10. The van der Waals surface area contributed by atoms with Crippen molar-refractivity contribution in [3.63, 3.8) is 0 Å². The van der Waals surface area contributed by atoms with Crippen LogP contribution in [0.25, 0.3) is 17.0 Å². The highest BCUT2D eigenvalue weighted by Gasteiger charge is 2.24. The zero-order valence-electron chi connectivity index (χ0n) is 9.52. The Kier molecular flexibility index (Phi) is 2.75. The molecule has 0 aliphatic carbocycles. The van der Waals surface area contributed by atoms with E-state index in [4.69, 9.17) is 0 Å². The second-order valence-electron chi connectivity index (χ2n) is 3.84. The maximum Gasteiger partial charge on any atom is 0.357 e. The largest absolute Gasteiger partial charge is 0.358 e. The van der Waals surface area contributed by atoms with E-state index in [1.54, 1.807) is 30.6 Å². The molecule has 3 aromatic rings. The predicted molar refractivity (Wildman–Crippen MR) is 72.8 cm³/mol. The molecule has 0 amide bonds. The van der Waals surface area contributed by atoms with Crippen LogP contribution in [0.4, 0.5) is 5.82 Å². The number of imidazole rings is 1. The van der Waals surface area contributed by atoms with Gasteiger partial charge in [0.15, 0.2) is 5.69 Å². The summed E-state index contributed by atoms with van der Waals surface area (Å²) in [5, 5.41) is 11.2.